The lowest BCUT2D eigenvalue weighted by Crippen LogP contribution is -2.26. The second-order valence-electron chi connectivity index (χ2n) is 6.40. The lowest BCUT2D eigenvalue weighted by Gasteiger charge is -2.22. The largest absolute Gasteiger partial charge is 0.412 e. The van der Waals surface area contributed by atoms with E-state index in [-0.39, 0.29) is 5.56 Å². The molecular weight excluding hydrogens is 304 g/mol. The van der Waals surface area contributed by atoms with Crippen LogP contribution in [0.15, 0.2) is 41.3 Å². The zero-order chi connectivity index (χ0) is 16.5. The lowest BCUT2D eigenvalue weighted by molar-refractivity contribution is 0.147. The molecule has 3 heterocycles. The standard InChI is InChI=1S/C18H20N4O2/c23-18-4-3-14-2-1-12(9-16(14)20-18)10-17-15(11-22(24)21-17)13-5-7-19-8-6-13/h1-4,9,11,13,19,24H,5-8,10H2,(H,20,23). The first kappa shape index (κ1) is 15.0. The minimum Gasteiger partial charge on any atom is -0.412 e. The fraction of sp³-hybridized carbons (Fsp3) is 0.333. The molecule has 0 radical (unpaired) electrons. The highest BCUT2D eigenvalue weighted by Crippen LogP contribution is 2.29. The third kappa shape index (κ3) is 2.92. The Morgan fingerprint density at radius 2 is 2.00 bits per heavy atom. The molecule has 1 aromatic carbocycles. The monoisotopic (exact) mass is 324 g/mol. The number of hydrogen-bond acceptors (Lipinski definition) is 4. The van der Waals surface area contributed by atoms with Gasteiger partial charge in [0.2, 0.25) is 5.56 Å². The number of pyridine rings is 1. The third-order valence-electron chi connectivity index (χ3n) is 4.75. The number of piperidine rings is 1. The van der Waals surface area contributed by atoms with E-state index in [4.69, 9.17) is 0 Å². The maximum Gasteiger partial charge on any atom is 0.248 e. The van der Waals surface area contributed by atoms with E-state index >= 15 is 0 Å². The molecule has 124 valence electrons. The summed E-state index contributed by atoms with van der Waals surface area (Å²) in [6.45, 7) is 2.00. The Morgan fingerprint density at radius 3 is 2.83 bits per heavy atom. The molecule has 0 atom stereocenters. The van der Waals surface area contributed by atoms with E-state index in [1.807, 2.05) is 24.3 Å². The van der Waals surface area contributed by atoms with E-state index in [1.54, 1.807) is 6.20 Å². The molecule has 0 saturated carbocycles. The van der Waals surface area contributed by atoms with Crippen LogP contribution < -0.4 is 10.9 Å². The zero-order valence-corrected chi connectivity index (χ0v) is 13.3. The predicted octanol–water partition coefficient (Wildman–Crippen LogP) is 2.02. The molecule has 1 saturated heterocycles. The molecule has 1 fully saturated rings. The Balaban J connectivity index is 1.66. The summed E-state index contributed by atoms with van der Waals surface area (Å²) in [5, 5.41) is 18.4. The molecule has 6 heteroatoms. The van der Waals surface area contributed by atoms with Crippen LogP contribution in [-0.2, 0) is 6.42 Å². The number of H-pyrrole nitrogens is 1. The van der Waals surface area contributed by atoms with Gasteiger partial charge >= 0.3 is 0 Å². The molecule has 24 heavy (non-hydrogen) atoms. The Morgan fingerprint density at radius 1 is 1.21 bits per heavy atom. The number of rotatable bonds is 3. The highest BCUT2D eigenvalue weighted by atomic mass is 16.5. The maximum absolute atomic E-state index is 11.5. The van der Waals surface area contributed by atoms with Crippen molar-refractivity contribution in [3.63, 3.8) is 0 Å². The van der Waals surface area contributed by atoms with Crippen LogP contribution >= 0.6 is 0 Å². The molecule has 1 aliphatic heterocycles. The zero-order valence-electron chi connectivity index (χ0n) is 13.3. The van der Waals surface area contributed by atoms with Crippen LogP contribution in [0.3, 0.4) is 0 Å². The van der Waals surface area contributed by atoms with Crippen molar-refractivity contribution in [2.45, 2.75) is 25.2 Å². The number of nitrogens with one attached hydrogen (secondary N) is 2. The summed E-state index contributed by atoms with van der Waals surface area (Å²) in [7, 11) is 0. The number of hydrogen-bond donors (Lipinski definition) is 3. The molecule has 3 N–H and O–H groups in total. The number of aromatic amines is 1. The van der Waals surface area contributed by atoms with Gasteiger partial charge in [-0.3, -0.25) is 4.79 Å². The van der Waals surface area contributed by atoms with Crippen molar-refractivity contribution in [2.75, 3.05) is 13.1 Å². The third-order valence-corrected chi connectivity index (χ3v) is 4.75. The van der Waals surface area contributed by atoms with Gasteiger partial charge in [-0.05, 0) is 54.9 Å². The average molecular weight is 324 g/mol. The first-order valence-electron chi connectivity index (χ1n) is 8.29. The van der Waals surface area contributed by atoms with Gasteiger partial charge in [0, 0.05) is 23.6 Å². The van der Waals surface area contributed by atoms with Gasteiger partial charge in [-0.1, -0.05) is 12.1 Å². The van der Waals surface area contributed by atoms with Gasteiger partial charge in [-0.25, -0.2) is 0 Å². The Kier molecular flexibility index (Phi) is 3.82. The average Bonchev–Trinajstić information content (AvgIpc) is 2.95. The quantitative estimate of drug-likeness (QED) is 0.644. The second kappa shape index (κ2) is 6.13. The Labute approximate surface area is 139 Å². The number of nitrogens with zero attached hydrogens (tertiary/aromatic N) is 2. The van der Waals surface area contributed by atoms with Crippen molar-refractivity contribution < 1.29 is 5.21 Å². The maximum atomic E-state index is 11.5. The highest BCUT2D eigenvalue weighted by molar-refractivity contribution is 5.78. The van der Waals surface area contributed by atoms with Crippen LogP contribution in [0, 0.1) is 0 Å². The minimum absolute atomic E-state index is 0.102. The van der Waals surface area contributed by atoms with Crippen LogP contribution in [0.1, 0.15) is 35.6 Å². The van der Waals surface area contributed by atoms with Crippen LogP contribution in [0.4, 0.5) is 0 Å². The van der Waals surface area contributed by atoms with Gasteiger partial charge in [-0.15, -0.1) is 9.94 Å². The molecule has 0 unspecified atom stereocenters. The summed E-state index contributed by atoms with van der Waals surface area (Å²) in [6.07, 6.45) is 4.49. The van der Waals surface area contributed by atoms with Crippen LogP contribution in [0.5, 0.6) is 0 Å². The topological polar surface area (TPSA) is 82.9 Å². The van der Waals surface area contributed by atoms with Crippen LogP contribution in [0.25, 0.3) is 10.9 Å². The minimum atomic E-state index is -0.102. The molecule has 0 aliphatic carbocycles. The van der Waals surface area contributed by atoms with E-state index in [1.165, 1.54) is 6.07 Å². The summed E-state index contributed by atoms with van der Waals surface area (Å²) in [4.78, 5) is 15.3. The lowest BCUT2D eigenvalue weighted by atomic mass is 9.89. The van der Waals surface area contributed by atoms with Crippen molar-refractivity contribution in [1.29, 1.82) is 0 Å². The highest BCUT2D eigenvalue weighted by Gasteiger charge is 2.21. The first-order valence-corrected chi connectivity index (χ1v) is 8.29. The van der Waals surface area contributed by atoms with Gasteiger partial charge < -0.3 is 15.5 Å². The Hall–Kier alpha value is -2.60. The molecule has 4 rings (SSSR count). The van der Waals surface area contributed by atoms with Crippen molar-refractivity contribution in [3.8, 4) is 0 Å². The van der Waals surface area contributed by atoms with Crippen LogP contribution in [0.2, 0.25) is 0 Å². The van der Waals surface area contributed by atoms with Crippen molar-refractivity contribution >= 4 is 10.9 Å². The molecule has 2 aromatic heterocycles. The molecule has 3 aromatic rings. The van der Waals surface area contributed by atoms with Crippen molar-refractivity contribution in [1.82, 2.24) is 20.2 Å². The number of fused-ring (bicyclic) bond motifs is 1. The molecule has 6 nitrogen and oxygen atoms in total. The fourth-order valence-electron chi connectivity index (χ4n) is 3.52. The van der Waals surface area contributed by atoms with Gasteiger partial charge in [-0.2, -0.15) is 0 Å². The normalized spacial score (nSPS) is 15.8. The first-order chi connectivity index (χ1) is 11.7. The van der Waals surface area contributed by atoms with E-state index in [0.29, 0.717) is 12.3 Å². The molecule has 0 amide bonds. The van der Waals surface area contributed by atoms with Crippen LogP contribution in [-0.4, -0.2) is 33.2 Å². The summed E-state index contributed by atoms with van der Waals surface area (Å²) in [5.74, 6) is 0.433. The van der Waals surface area contributed by atoms with E-state index in [0.717, 1.165) is 58.5 Å². The molecule has 1 aliphatic rings. The van der Waals surface area contributed by atoms with Gasteiger partial charge in [0.25, 0.3) is 0 Å². The fourth-order valence-corrected chi connectivity index (χ4v) is 3.52. The van der Waals surface area contributed by atoms with E-state index < -0.39 is 0 Å². The molecule has 0 spiro atoms. The number of benzene rings is 1. The van der Waals surface area contributed by atoms with Gasteiger partial charge in [0.1, 0.15) is 0 Å². The van der Waals surface area contributed by atoms with Crippen molar-refractivity contribution in [2.24, 2.45) is 0 Å². The summed E-state index contributed by atoms with van der Waals surface area (Å²) < 4.78 is 0. The number of aromatic nitrogens is 3. The van der Waals surface area contributed by atoms with E-state index in [9.17, 15) is 10.0 Å². The smallest absolute Gasteiger partial charge is 0.248 e. The Bertz CT molecular complexity index is 922. The van der Waals surface area contributed by atoms with Crippen molar-refractivity contribution in [3.05, 3.63) is 63.7 Å². The van der Waals surface area contributed by atoms with Gasteiger partial charge in [0.15, 0.2) is 0 Å². The molecular formula is C18H20N4O2. The molecule has 0 bridgehead atoms. The summed E-state index contributed by atoms with van der Waals surface area (Å²) >= 11 is 0. The predicted molar refractivity (Wildman–Crippen MR) is 91.6 cm³/mol. The SMILES string of the molecule is O=c1ccc2ccc(Cc3nn(O)cc3C3CCNCC3)cc2[nH]1. The summed E-state index contributed by atoms with van der Waals surface area (Å²) in [5.41, 5.74) is 3.82. The summed E-state index contributed by atoms with van der Waals surface area (Å²) in [6, 6.07) is 9.38. The van der Waals surface area contributed by atoms with Gasteiger partial charge in [0.05, 0.1) is 11.9 Å². The second-order valence-corrected chi connectivity index (χ2v) is 6.40. The van der Waals surface area contributed by atoms with E-state index in [2.05, 4.69) is 15.4 Å².